The second kappa shape index (κ2) is 8.08. The number of aryl methyl sites for hydroxylation is 1. The molecular weight excluding hydrogens is 386 g/mol. The van der Waals surface area contributed by atoms with Crippen LogP contribution in [-0.2, 0) is 4.79 Å². The maximum Gasteiger partial charge on any atom is 0.245 e. The van der Waals surface area contributed by atoms with Gasteiger partial charge < -0.3 is 4.90 Å². The van der Waals surface area contributed by atoms with Gasteiger partial charge >= 0.3 is 0 Å². The van der Waals surface area contributed by atoms with Crippen molar-refractivity contribution < 1.29 is 4.79 Å². The van der Waals surface area contributed by atoms with E-state index in [1.165, 1.54) is 18.5 Å². The lowest BCUT2D eigenvalue weighted by Crippen LogP contribution is -2.44. The van der Waals surface area contributed by atoms with Crippen molar-refractivity contribution >= 4 is 11.6 Å². The van der Waals surface area contributed by atoms with E-state index >= 15 is 0 Å². The molecule has 6 nitrogen and oxygen atoms in total. The topological polar surface area (TPSA) is 53.7 Å². The Kier molecular flexibility index (Phi) is 5.26. The number of piperidine rings is 1. The minimum Gasteiger partial charge on any atom is -0.332 e. The Morgan fingerprint density at radius 2 is 1.84 bits per heavy atom. The van der Waals surface area contributed by atoms with E-state index < -0.39 is 0 Å². The Labute approximate surface area is 183 Å². The molecule has 2 aromatic heterocycles. The zero-order valence-corrected chi connectivity index (χ0v) is 18.7. The van der Waals surface area contributed by atoms with Crippen LogP contribution < -0.4 is 0 Å². The molecule has 2 atom stereocenters. The highest BCUT2D eigenvalue weighted by molar-refractivity contribution is 5.83. The number of hydrogen-bond donors (Lipinski definition) is 0. The molecule has 6 heteroatoms. The van der Waals surface area contributed by atoms with E-state index in [9.17, 15) is 4.79 Å². The van der Waals surface area contributed by atoms with Crippen LogP contribution in [0.3, 0.4) is 0 Å². The Morgan fingerprint density at radius 3 is 2.55 bits per heavy atom. The van der Waals surface area contributed by atoms with Gasteiger partial charge in [-0.15, -0.1) is 0 Å². The van der Waals surface area contributed by atoms with Gasteiger partial charge in [-0.05, 0) is 64.8 Å². The lowest BCUT2D eigenvalue weighted by Gasteiger charge is -2.38. The highest BCUT2D eigenvalue weighted by atomic mass is 16.2. The number of hydrogen-bond acceptors (Lipinski definition) is 4. The second-order valence-electron chi connectivity index (χ2n) is 9.26. The van der Waals surface area contributed by atoms with Gasteiger partial charge in [0, 0.05) is 29.9 Å². The minimum atomic E-state index is -0.292. The van der Waals surface area contributed by atoms with Gasteiger partial charge in [0.05, 0.1) is 11.7 Å². The molecule has 3 heterocycles. The van der Waals surface area contributed by atoms with Crippen LogP contribution in [-0.4, -0.2) is 50.9 Å². The normalized spacial score (nSPS) is 20.4. The third-order valence-corrected chi connectivity index (χ3v) is 6.63. The number of carbonyl (C=O) groups excluding carboxylic acids is 1. The monoisotopic (exact) mass is 417 g/mol. The Bertz CT molecular complexity index is 1090. The molecule has 5 rings (SSSR count). The molecule has 162 valence electrons. The highest BCUT2D eigenvalue weighted by Crippen LogP contribution is 2.40. The van der Waals surface area contributed by atoms with Crippen molar-refractivity contribution in [1.29, 1.82) is 0 Å². The molecule has 0 spiro atoms. The largest absolute Gasteiger partial charge is 0.332 e. The first-order valence-electron chi connectivity index (χ1n) is 11.4. The molecule has 2 fully saturated rings. The third kappa shape index (κ3) is 3.85. The summed E-state index contributed by atoms with van der Waals surface area (Å²) in [7, 11) is 3.96. The van der Waals surface area contributed by atoms with Crippen molar-refractivity contribution in [3.63, 3.8) is 0 Å². The van der Waals surface area contributed by atoms with Crippen LogP contribution in [0.15, 0.2) is 42.5 Å². The molecule has 1 aliphatic heterocycles. The number of aromatic nitrogens is 3. The van der Waals surface area contributed by atoms with Gasteiger partial charge in [0.15, 0.2) is 5.65 Å². The average Bonchev–Trinajstić information content (AvgIpc) is 3.53. The summed E-state index contributed by atoms with van der Waals surface area (Å²) in [5.41, 5.74) is 5.19. The van der Waals surface area contributed by atoms with Crippen molar-refractivity contribution in [1.82, 2.24) is 24.4 Å². The van der Waals surface area contributed by atoms with Crippen LogP contribution in [0.2, 0.25) is 0 Å². The quantitative estimate of drug-likeness (QED) is 0.622. The van der Waals surface area contributed by atoms with Crippen molar-refractivity contribution in [2.24, 2.45) is 0 Å². The maximum absolute atomic E-state index is 13.8. The molecule has 0 N–H and O–H groups in total. The molecule has 2 unspecified atom stereocenters. The molecule has 31 heavy (non-hydrogen) atoms. The van der Waals surface area contributed by atoms with E-state index in [0.29, 0.717) is 5.92 Å². The Morgan fingerprint density at radius 1 is 1.06 bits per heavy atom. The van der Waals surface area contributed by atoms with Gasteiger partial charge in [0.2, 0.25) is 5.91 Å². The van der Waals surface area contributed by atoms with E-state index in [1.54, 1.807) is 0 Å². The van der Waals surface area contributed by atoms with Gasteiger partial charge in [-0.2, -0.15) is 5.10 Å². The molecule has 1 saturated heterocycles. The summed E-state index contributed by atoms with van der Waals surface area (Å²) in [6.07, 6.45) is 5.56. The third-order valence-electron chi connectivity index (χ3n) is 6.63. The van der Waals surface area contributed by atoms with E-state index in [-0.39, 0.29) is 18.0 Å². The SMILES string of the molecule is Cc1cc(C2CC2)nc2cc(C3CCCCN3C(=O)C(c3ccccc3)N(C)C)nn12. The summed E-state index contributed by atoms with van der Waals surface area (Å²) in [5, 5.41) is 4.91. The molecule has 2 aliphatic rings. The molecule has 1 amide bonds. The number of likely N-dealkylation sites (tertiary alicyclic amines) is 1. The molecule has 1 aliphatic carbocycles. The number of fused-ring (bicyclic) bond motifs is 1. The van der Waals surface area contributed by atoms with E-state index in [4.69, 9.17) is 10.1 Å². The van der Waals surface area contributed by atoms with Crippen LogP contribution in [0.25, 0.3) is 5.65 Å². The Hall–Kier alpha value is -2.73. The molecule has 0 radical (unpaired) electrons. The molecule has 1 saturated carbocycles. The van der Waals surface area contributed by atoms with Crippen LogP contribution in [0.5, 0.6) is 0 Å². The summed E-state index contributed by atoms with van der Waals surface area (Å²) in [5.74, 6) is 0.767. The zero-order chi connectivity index (χ0) is 21.5. The van der Waals surface area contributed by atoms with E-state index in [2.05, 4.69) is 24.0 Å². The fourth-order valence-corrected chi connectivity index (χ4v) is 4.88. The highest BCUT2D eigenvalue weighted by Gasteiger charge is 2.35. The van der Waals surface area contributed by atoms with Gasteiger partial charge in [0.1, 0.15) is 6.04 Å². The number of likely N-dealkylation sites (N-methyl/N-ethyl adjacent to an activating group) is 1. The van der Waals surface area contributed by atoms with Gasteiger partial charge in [-0.1, -0.05) is 30.3 Å². The predicted molar refractivity (Wildman–Crippen MR) is 121 cm³/mol. The fourth-order valence-electron chi connectivity index (χ4n) is 4.88. The van der Waals surface area contributed by atoms with Gasteiger partial charge in [0.25, 0.3) is 0 Å². The maximum atomic E-state index is 13.8. The number of benzene rings is 1. The van der Waals surface area contributed by atoms with Crippen molar-refractivity contribution in [3.05, 3.63) is 65.1 Å². The average molecular weight is 418 g/mol. The first-order valence-corrected chi connectivity index (χ1v) is 11.4. The van der Waals surface area contributed by atoms with Gasteiger partial charge in [-0.3, -0.25) is 9.69 Å². The van der Waals surface area contributed by atoms with Crippen LogP contribution in [0, 0.1) is 6.92 Å². The second-order valence-corrected chi connectivity index (χ2v) is 9.26. The standard InChI is InChI=1S/C25H31N5O/c1-17-15-20(18-12-13-18)26-23-16-21(27-30(17)23)22-11-7-8-14-29(22)25(31)24(28(2)3)19-9-5-4-6-10-19/h4-6,9-10,15-16,18,22,24H,7-8,11-14H2,1-3H3. The minimum absolute atomic E-state index is 0.00196. The van der Waals surface area contributed by atoms with Crippen LogP contribution in [0.4, 0.5) is 0 Å². The van der Waals surface area contributed by atoms with E-state index in [1.807, 2.05) is 53.8 Å². The zero-order valence-electron chi connectivity index (χ0n) is 18.7. The van der Waals surface area contributed by atoms with Gasteiger partial charge in [-0.25, -0.2) is 9.50 Å². The summed E-state index contributed by atoms with van der Waals surface area (Å²) < 4.78 is 1.94. The predicted octanol–water partition coefficient (Wildman–Crippen LogP) is 4.27. The number of rotatable bonds is 5. The number of carbonyl (C=O) groups is 1. The lowest BCUT2D eigenvalue weighted by atomic mass is 9.96. The molecular formula is C25H31N5O. The summed E-state index contributed by atoms with van der Waals surface area (Å²) in [6.45, 7) is 2.87. The lowest BCUT2D eigenvalue weighted by molar-refractivity contribution is -0.140. The Balaban J connectivity index is 1.49. The van der Waals surface area contributed by atoms with Crippen molar-refractivity contribution in [2.75, 3.05) is 20.6 Å². The molecule has 3 aromatic rings. The first-order chi connectivity index (χ1) is 15.0. The molecule has 1 aromatic carbocycles. The summed E-state index contributed by atoms with van der Waals surface area (Å²) in [4.78, 5) is 22.7. The summed E-state index contributed by atoms with van der Waals surface area (Å²) >= 11 is 0. The van der Waals surface area contributed by atoms with E-state index in [0.717, 1.165) is 48.4 Å². The fraction of sp³-hybridized carbons (Fsp3) is 0.480. The van der Waals surface area contributed by atoms with Crippen LogP contribution >= 0.6 is 0 Å². The number of nitrogens with zero attached hydrogens (tertiary/aromatic N) is 5. The summed E-state index contributed by atoms with van der Waals surface area (Å²) in [6, 6.07) is 14.1. The number of amides is 1. The first kappa shape index (κ1) is 20.2. The smallest absolute Gasteiger partial charge is 0.245 e. The van der Waals surface area contributed by atoms with Crippen molar-refractivity contribution in [2.45, 2.75) is 57.0 Å². The van der Waals surface area contributed by atoms with Crippen molar-refractivity contribution in [3.8, 4) is 0 Å². The van der Waals surface area contributed by atoms with Crippen LogP contribution in [0.1, 0.15) is 72.8 Å². The molecule has 0 bridgehead atoms.